The number of pyridine rings is 1. The summed E-state index contributed by atoms with van der Waals surface area (Å²) in [6, 6.07) is 1.36. The monoisotopic (exact) mass is 296 g/mol. The Bertz CT molecular complexity index is 533. The second-order valence-electron chi connectivity index (χ2n) is 5.02. The van der Waals surface area contributed by atoms with Gasteiger partial charge in [-0.15, -0.1) is 0 Å². The Labute approximate surface area is 123 Å². The minimum absolute atomic E-state index is 0.0978. The van der Waals surface area contributed by atoms with Crippen LogP contribution in [-0.4, -0.2) is 59.1 Å². The first kappa shape index (κ1) is 16.8. The highest BCUT2D eigenvalue weighted by Gasteiger charge is 2.24. The molecule has 8 heteroatoms. The first-order valence-electron chi connectivity index (χ1n) is 6.57. The first-order valence-corrected chi connectivity index (χ1v) is 6.57. The minimum atomic E-state index is -1.33. The van der Waals surface area contributed by atoms with Crippen molar-refractivity contribution in [1.82, 2.24) is 9.88 Å². The molecule has 0 fully saturated rings. The maximum Gasteiger partial charge on any atom is 0.342 e. The van der Waals surface area contributed by atoms with Crippen LogP contribution in [0.25, 0.3) is 0 Å². The third-order valence-electron chi connectivity index (χ3n) is 3.09. The highest BCUT2D eigenvalue weighted by Crippen LogP contribution is 2.23. The van der Waals surface area contributed by atoms with Gasteiger partial charge in [0.2, 0.25) is 0 Å². The van der Waals surface area contributed by atoms with Crippen LogP contribution in [0.4, 0.5) is 11.5 Å². The summed E-state index contributed by atoms with van der Waals surface area (Å²) < 4.78 is 0. The fourth-order valence-electron chi connectivity index (χ4n) is 2.24. The second-order valence-corrected chi connectivity index (χ2v) is 5.02. The molecule has 1 heterocycles. The maximum atomic E-state index is 11.2. The van der Waals surface area contributed by atoms with E-state index in [1.54, 1.807) is 0 Å². The summed E-state index contributed by atoms with van der Waals surface area (Å²) in [7, 11) is 3.88. The molecule has 1 N–H and O–H groups in total. The van der Waals surface area contributed by atoms with Gasteiger partial charge >= 0.3 is 11.7 Å². The highest BCUT2D eigenvalue weighted by atomic mass is 16.6. The van der Waals surface area contributed by atoms with Gasteiger partial charge in [0.05, 0.1) is 4.92 Å². The average Bonchev–Trinajstić information content (AvgIpc) is 2.38. The molecule has 1 aromatic rings. The standard InChI is InChI=1S/C13H20N4O4/c1-5-16(9(2)8-15(3)4)12-6-10(13(18)19)11(7-14-12)17(20)21/h6-7,9H,5,8H2,1-4H3,(H,18,19). The molecule has 0 saturated heterocycles. The van der Waals surface area contributed by atoms with Gasteiger partial charge in [-0.05, 0) is 27.9 Å². The van der Waals surface area contributed by atoms with Crippen molar-refractivity contribution in [2.24, 2.45) is 0 Å². The molecule has 1 aromatic heterocycles. The van der Waals surface area contributed by atoms with Crippen molar-refractivity contribution in [3.8, 4) is 0 Å². The number of carboxylic acid groups (broad SMARTS) is 1. The summed E-state index contributed by atoms with van der Waals surface area (Å²) in [6.07, 6.45) is 1.00. The molecule has 8 nitrogen and oxygen atoms in total. The number of nitrogens with zero attached hydrogens (tertiary/aromatic N) is 4. The summed E-state index contributed by atoms with van der Waals surface area (Å²) in [5.41, 5.74) is -0.844. The number of carbonyl (C=O) groups is 1. The van der Waals surface area contributed by atoms with E-state index in [-0.39, 0.29) is 11.6 Å². The van der Waals surface area contributed by atoms with E-state index in [9.17, 15) is 14.9 Å². The number of nitro groups is 1. The van der Waals surface area contributed by atoms with Crippen molar-refractivity contribution >= 4 is 17.5 Å². The molecule has 1 atom stereocenters. The molecule has 0 amide bonds. The van der Waals surface area contributed by atoms with Crippen LogP contribution in [0.2, 0.25) is 0 Å². The van der Waals surface area contributed by atoms with Gasteiger partial charge in [-0.25, -0.2) is 9.78 Å². The van der Waals surface area contributed by atoms with E-state index in [1.165, 1.54) is 6.07 Å². The van der Waals surface area contributed by atoms with Gasteiger partial charge in [0, 0.05) is 25.2 Å². The predicted molar refractivity (Wildman–Crippen MR) is 78.9 cm³/mol. The van der Waals surface area contributed by atoms with Crippen molar-refractivity contribution in [2.45, 2.75) is 19.9 Å². The normalized spacial score (nSPS) is 12.2. The third kappa shape index (κ3) is 4.12. The molecule has 0 spiro atoms. The van der Waals surface area contributed by atoms with Gasteiger partial charge in [-0.2, -0.15) is 0 Å². The number of anilines is 1. The van der Waals surface area contributed by atoms with Crippen molar-refractivity contribution in [3.63, 3.8) is 0 Å². The molecule has 0 aliphatic carbocycles. The van der Waals surface area contributed by atoms with Crippen molar-refractivity contribution in [1.29, 1.82) is 0 Å². The predicted octanol–water partition coefficient (Wildman–Crippen LogP) is 1.46. The average molecular weight is 296 g/mol. The van der Waals surface area contributed by atoms with E-state index < -0.39 is 16.6 Å². The first-order chi connectivity index (χ1) is 9.77. The molecule has 0 saturated carbocycles. The smallest absolute Gasteiger partial charge is 0.342 e. The Balaban J connectivity index is 3.20. The molecular weight excluding hydrogens is 276 g/mol. The molecule has 0 radical (unpaired) electrons. The lowest BCUT2D eigenvalue weighted by molar-refractivity contribution is -0.385. The third-order valence-corrected chi connectivity index (χ3v) is 3.09. The topological polar surface area (TPSA) is 99.8 Å². The lowest BCUT2D eigenvalue weighted by Crippen LogP contribution is -2.40. The molecule has 21 heavy (non-hydrogen) atoms. The number of aromatic nitrogens is 1. The zero-order chi connectivity index (χ0) is 16.2. The van der Waals surface area contributed by atoms with E-state index in [0.717, 1.165) is 12.7 Å². The number of rotatable bonds is 7. The Hall–Kier alpha value is -2.22. The minimum Gasteiger partial charge on any atom is -0.477 e. The zero-order valence-electron chi connectivity index (χ0n) is 12.6. The summed E-state index contributed by atoms with van der Waals surface area (Å²) >= 11 is 0. The van der Waals surface area contributed by atoms with Crippen molar-refractivity contribution in [2.75, 3.05) is 32.1 Å². The highest BCUT2D eigenvalue weighted by molar-refractivity contribution is 5.93. The van der Waals surface area contributed by atoms with Crippen LogP contribution >= 0.6 is 0 Å². The van der Waals surface area contributed by atoms with E-state index in [1.807, 2.05) is 37.7 Å². The van der Waals surface area contributed by atoms with Gasteiger partial charge in [0.25, 0.3) is 0 Å². The van der Waals surface area contributed by atoms with Crippen LogP contribution < -0.4 is 4.90 Å². The van der Waals surface area contributed by atoms with Crippen LogP contribution in [-0.2, 0) is 0 Å². The maximum absolute atomic E-state index is 11.2. The largest absolute Gasteiger partial charge is 0.477 e. The van der Waals surface area contributed by atoms with Gasteiger partial charge in [0.1, 0.15) is 17.6 Å². The van der Waals surface area contributed by atoms with Crippen LogP contribution in [0.5, 0.6) is 0 Å². The van der Waals surface area contributed by atoms with E-state index >= 15 is 0 Å². The molecule has 0 bridgehead atoms. The number of hydrogen-bond acceptors (Lipinski definition) is 6. The summed E-state index contributed by atoms with van der Waals surface area (Å²) in [6.45, 7) is 5.30. The van der Waals surface area contributed by atoms with Crippen LogP contribution in [0.1, 0.15) is 24.2 Å². The quantitative estimate of drug-likeness (QED) is 0.600. The van der Waals surface area contributed by atoms with E-state index in [2.05, 4.69) is 4.98 Å². The lowest BCUT2D eigenvalue weighted by Gasteiger charge is -2.31. The lowest BCUT2D eigenvalue weighted by atomic mass is 10.2. The molecule has 116 valence electrons. The Morgan fingerprint density at radius 1 is 1.52 bits per heavy atom. The molecule has 0 aliphatic heterocycles. The van der Waals surface area contributed by atoms with E-state index in [0.29, 0.717) is 12.4 Å². The number of carboxylic acids is 1. The fraction of sp³-hybridized carbons (Fsp3) is 0.538. The molecule has 0 aromatic carbocycles. The molecule has 1 rings (SSSR count). The number of likely N-dealkylation sites (N-methyl/N-ethyl adjacent to an activating group) is 2. The molecule has 1 unspecified atom stereocenters. The van der Waals surface area contributed by atoms with Gasteiger partial charge in [-0.1, -0.05) is 0 Å². The molecular formula is C13H20N4O4. The SMILES string of the molecule is CCN(c1cc(C(=O)O)c([N+](=O)[O-])cn1)C(C)CN(C)C. The second kappa shape index (κ2) is 6.98. The van der Waals surface area contributed by atoms with Crippen LogP contribution in [0, 0.1) is 10.1 Å². The van der Waals surface area contributed by atoms with Gasteiger partial charge < -0.3 is 14.9 Å². The van der Waals surface area contributed by atoms with Gasteiger partial charge in [0.15, 0.2) is 0 Å². The number of aromatic carboxylic acids is 1. The van der Waals surface area contributed by atoms with Crippen molar-refractivity contribution < 1.29 is 14.8 Å². The van der Waals surface area contributed by atoms with Crippen molar-refractivity contribution in [3.05, 3.63) is 27.9 Å². The Morgan fingerprint density at radius 3 is 2.57 bits per heavy atom. The molecule has 0 aliphatic rings. The van der Waals surface area contributed by atoms with Gasteiger partial charge in [-0.3, -0.25) is 10.1 Å². The Kier molecular flexibility index (Phi) is 5.60. The summed E-state index contributed by atoms with van der Waals surface area (Å²) in [5.74, 6) is -0.906. The zero-order valence-corrected chi connectivity index (χ0v) is 12.6. The summed E-state index contributed by atoms with van der Waals surface area (Å²) in [5, 5.41) is 20.0. The Morgan fingerprint density at radius 2 is 2.14 bits per heavy atom. The van der Waals surface area contributed by atoms with Crippen LogP contribution in [0.15, 0.2) is 12.3 Å². The van der Waals surface area contributed by atoms with Crippen LogP contribution in [0.3, 0.4) is 0 Å². The summed E-state index contributed by atoms with van der Waals surface area (Å²) in [4.78, 5) is 29.2. The fourth-order valence-corrected chi connectivity index (χ4v) is 2.24. The number of hydrogen-bond donors (Lipinski definition) is 1. The van der Waals surface area contributed by atoms with E-state index in [4.69, 9.17) is 5.11 Å².